The minimum atomic E-state index is -3.85. The van der Waals surface area contributed by atoms with Crippen LogP contribution in [0.1, 0.15) is 18.9 Å². The third-order valence-electron chi connectivity index (χ3n) is 3.20. The molecule has 0 aromatic heterocycles. The highest BCUT2D eigenvalue weighted by atomic mass is 32.2. The van der Waals surface area contributed by atoms with E-state index in [-0.39, 0.29) is 11.3 Å². The van der Waals surface area contributed by atoms with Gasteiger partial charge in [0.25, 0.3) is 0 Å². The van der Waals surface area contributed by atoms with Gasteiger partial charge in [-0.15, -0.1) is 0 Å². The monoisotopic (exact) mass is 276 g/mol. The molecular formula is C15H16O3S. The van der Waals surface area contributed by atoms with Crippen molar-refractivity contribution in [2.75, 3.05) is 0 Å². The van der Waals surface area contributed by atoms with Crippen molar-refractivity contribution < 1.29 is 13.5 Å². The van der Waals surface area contributed by atoms with E-state index in [0.29, 0.717) is 5.56 Å². The van der Waals surface area contributed by atoms with Crippen molar-refractivity contribution in [2.45, 2.75) is 23.2 Å². The quantitative estimate of drug-likeness (QED) is 0.934. The molecule has 1 unspecified atom stereocenters. The summed E-state index contributed by atoms with van der Waals surface area (Å²) in [4.78, 5) is -1.77. The molecule has 0 bridgehead atoms. The Morgan fingerprint density at radius 2 is 1.42 bits per heavy atom. The van der Waals surface area contributed by atoms with Crippen molar-refractivity contribution in [3.05, 3.63) is 66.2 Å². The van der Waals surface area contributed by atoms with Gasteiger partial charge in [-0.2, -0.15) is 0 Å². The van der Waals surface area contributed by atoms with E-state index in [1.807, 2.05) is 0 Å². The Hall–Kier alpha value is -1.65. The van der Waals surface area contributed by atoms with E-state index in [0.717, 1.165) is 0 Å². The standard InChI is InChI=1S/C15H16O3S/c1-2-15(16,13-9-5-3-6-10-13)19(17,18)14-11-7-4-8-12-14/h3-12,16H,2H2,1H3. The summed E-state index contributed by atoms with van der Waals surface area (Å²) in [6.45, 7) is 1.66. The van der Waals surface area contributed by atoms with Crippen LogP contribution in [0.25, 0.3) is 0 Å². The molecule has 0 heterocycles. The molecular weight excluding hydrogens is 260 g/mol. The van der Waals surface area contributed by atoms with E-state index in [2.05, 4.69) is 0 Å². The van der Waals surface area contributed by atoms with Crippen LogP contribution in [0.4, 0.5) is 0 Å². The molecule has 2 aromatic rings. The summed E-state index contributed by atoms with van der Waals surface area (Å²) in [5.41, 5.74) is 0.390. The van der Waals surface area contributed by atoms with Crippen LogP contribution in [-0.2, 0) is 14.8 Å². The van der Waals surface area contributed by atoms with Gasteiger partial charge < -0.3 is 5.11 Å². The van der Waals surface area contributed by atoms with Gasteiger partial charge >= 0.3 is 0 Å². The van der Waals surface area contributed by atoms with Crippen molar-refractivity contribution >= 4 is 9.84 Å². The average Bonchev–Trinajstić information content (AvgIpc) is 2.48. The molecule has 0 aliphatic heterocycles. The number of hydrogen-bond acceptors (Lipinski definition) is 3. The lowest BCUT2D eigenvalue weighted by Gasteiger charge is -2.27. The maximum Gasteiger partial charge on any atom is 0.212 e. The van der Waals surface area contributed by atoms with Gasteiger partial charge in [-0.3, -0.25) is 0 Å². The minimum Gasteiger partial charge on any atom is -0.370 e. The van der Waals surface area contributed by atoms with Gasteiger partial charge in [0.05, 0.1) is 4.90 Å². The highest BCUT2D eigenvalue weighted by Crippen LogP contribution is 2.35. The zero-order chi connectivity index (χ0) is 13.9. The summed E-state index contributed by atoms with van der Waals surface area (Å²) in [5, 5.41) is 10.7. The molecule has 2 aromatic carbocycles. The lowest BCUT2D eigenvalue weighted by molar-refractivity contribution is 0.119. The SMILES string of the molecule is CCC(O)(c1ccccc1)S(=O)(=O)c1ccccc1. The summed E-state index contributed by atoms with van der Waals surface area (Å²) < 4.78 is 25.3. The van der Waals surface area contributed by atoms with Gasteiger partial charge in [-0.05, 0) is 24.1 Å². The van der Waals surface area contributed by atoms with E-state index in [9.17, 15) is 13.5 Å². The molecule has 0 saturated carbocycles. The fourth-order valence-electron chi connectivity index (χ4n) is 2.04. The van der Waals surface area contributed by atoms with Crippen LogP contribution in [0.3, 0.4) is 0 Å². The minimum absolute atomic E-state index is 0.0915. The van der Waals surface area contributed by atoms with Gasteiger partial charge in [0.2, 0.25) is 9.84 Å². The third-order valence-corrected chi connectivity index (χ3v) is 5.51. The Balaban J connectivity index is 2.60. The van der Waals surface area contributed by atoms with Gasteiger partial charge in [-0.25, -0.2) is 8.42 Å². The molecule has 19 heavy (non-hydrogen) atoms. The Morgan fingerprint density at radius 3 is 1.89 bits per heavy atom. The van der Waals surface area contributed by atoms with E-state index < -0.39 is 14.8 Å². The third kappa shape index (κ3) is 2.29. The molecule has 1 N–H and O–H groups in total. The molecule has 1 atom stereocenters. The molecule has 2 rings (SSSR count). The van der Waals surface area contributed by atoms with Crippen molar-refractivity contribution in [1.82, 2.24) is 0 Å². The van der Waals surface area contributed by atoms with Crippen molar-refractivity contribution in [3.63, 3.8) is 0 Å². The summed E-state index contributed by atoms with van der Waals surface area (Å²) in [7, 11) is -3.85. The molecule has 0 aliphatic rings. The van der Waals surface area contributed by atoms with Crippen LogP contribution in [0, 0.1) is 0 Å². The summed E-state index contributed by atoms with van der Waals surface area (Å²) in [5.74, 6) is 0. The van der Waals surface area contributed by atoms with Crippen LogP contribution in [-0.4, -0.2) is 13.5 Å². The Labute approximate surface area is 113 Å². The maximum absolute atomic E-state index is 12.6. The number of aliphatic hydroxyl groups is 1. The van der Waals surface area contributed by atoms with Crippen LogP contribution in [0.15, 0.2) is 65.6 Å². The first-order chi connectivity index (χ1) is 9.02. The zero-order valence-corrected chi connectivity index (χ0v) is 11.5. The molecule has 0 fully saturated rings. The molecule has 0 aliphatic carbocycles. The van der Waals surface area contributed by atoms with Gasteiger partial charge in [0, 0.05) is 0 Å². The summed E-state index contributed by atoms with van der Waals surface area (Å²) in [6.07, 6.45) is 0.0915. The van der Waals surface area contributed by atoms with Crippen LogP contribution in [0.5, 0.6) is 0 Å². The fourth-order valence-corrected chi connectivity index (χ4v) is 3.77. The Kier molecular flexibility index (Phi) is 3.73. The highest BCUT2D eigenvalue weighted by molar-refractivity contribution is 7.92. The molecule has 0 radical (unpaired) electrons. The van der Waals surface area contributed by atoms with Gasteiger partial charge in [0.15, 0.2) is 4.93 Å². The second kappa shape index (κ2) is 5.15. The van der Waals surface area contributed by atoms with Crippen molar-refractivity contribution in [3.8, 4) is 0 Å². The first-order valence-corrected chi connectivity index (χ1v) is 7.58. The number of benzene rings is 2. The average molecular weight is 276 g/mol. The maximum atomic E-state index is 12.6. The zero-order valence-electron chi connectivity index (χ0n) is 10.7. The van der Waals surface area contributed by atoms with E-state index in [4.69, 9.17) is 0 Å². The Bertz CT molecular complexity index is 636. The van der Waals surface area contributed by atoms with Crippen LogP contribution in [0.2, 0.25) is 0 Å². The second-order valence-electron chi connectivity index (χ2n) is 4.32. The molecule has 100 valence electrons. The molecule has 0 amide bonds. The Morgan fingerprint density at radius 1 is 0.947 bits per heavy atom. The van der Waals surface area contributed by atoms with E-state index in [1.54, 1.807) is 55.5 Å². The van der Waals surface area contributed by atoms with Gasteiger partial charge in [-0.1, -0.05) is 55.5 Å². The lowest BCUT2D eigenvalue weighted by atomic mass is 10.1. The number of rotatable bonds is 4. The lowest BCUT2D eigenvalue weighted by Crippen LogP contribution is -2.35. The second-order valence-corrected chi connectivity index (χ2v) is 6.47. The molecule has 0 spiro atoms. The van der Waals surface area contributed by atoms with E-state index in [1.165, 1.54) is 12.1 Å². The molecule has 3 nitrogen and oxygen atoms in total. The van der Waals surface area contributed by atoms with Crippen LogP contribution >= 0.6 is 0 Å². The van der Waals surface area contributed by atoms with Gasteiger partial charge in [0.1, 0.15) is 0 Å². The first-order valence-electron chi connectivity index (χ1n) is 6.10. The van der Waals surface area contributed by atoms with Crippen molar-refractivity contribution in [2.24, 2.45) is 0 Å². The first kappa shape index (κ1) is 13.8. The topological polar surface area (TPSA) is 54.4 Å². The normalized spacial score (nSPS) is 14.8. The number of sulfone groups is 1. The smallest absolute Gasteiger partial charge is 0.212 e. The number of hydrogen-bond donors (Lipinski definition) is 1. The largest absolute Gasteiger partial charge is 0.370 e. The highest BCUT2D eigenvalue weighted by Gasteiger charge is 2.42. The predicted molar refractivity (Wildman–Crippen MR) is 74.3 cm³/mol. The summed E-state index contributed by atoms with van der Waals surface area (Å²) >= 11 is 0. The van der Waals surface area contributed by atoms with Crippen LogP contribution < -0.4 is 0 Å². The fraction of sp³-hybridized carbons (Fsp3) is 0.200. The molecule has 4 heteroatoms. The molecule has 0 saturated heterocycles. The van der Waals surface area contributed by atoms with E-state index >= 15 is 0 Å². The van der Waals surface area contributed by atoms with Crippen molar-refractivity contribution in [1.29, 1.82) is 0 Å². The summed E-state index contributed by atoms with van der Waals surface area (Å²) in [6, 6.07) is 16.5. The predicted octanol–water partition coefficient (Wildman–Crippen LogP) is 2.72.